The van der Waals surface area contributed by atoms with Crippen molar-refractivity contribution in [3.63, 3.8) is 0 Å². The number of methoxy groups -OCH3 is 1. The molecule has 0 aliphatic rings. The van der Waals surface area contributed by atoms with E-state index in [-0.39, 0.29) is 5.91 Å². The number of aromatic nitrogens is 4. The Bertz CT molecular complexity index is 941. The molecule has 7 heteroatoms. The summed E-state index contributed by atoms with van der Waals surface area (Å²) >= 11 is 0. The van der Waals surface area contributed by atoms with Gasteiger partial charge in [0, 0.05) is 44.7 Å². The van der Waals surface area contributed by atoms with Crippen LogP contribution in [0.15, 0.2) is 24.5 Å². The molecule has 0 atom stereocenters. The van der Waals surface area contributed by atoms with Gasteiger partial charge in [0.25, 0.3) is 5.91 Å². The molecular weight excluding hydrogens is 330 g/mol. The van der Waals surface area contributed by atoms with Gasteiger partial charge in [-0.2, -0.15) is 10.2 Å². The van der Waals surface area contributed by atoms with Crippen LogP contribution in [-0.4, -0.2) is 50.5 Å². The smallest absolute Gasteiger partial charge is 0.258 e. The van der Waals surface area contributed by atoms with Gasteiger partial charge in [-0.05, 0) is 32.4 Å². The number of aryl methyl sites for hydroxylation is 3. The summed E-state index contributed by atoms with van der Waals surface area (Å²) in [6.45, 7) is 7.46. The molecule has 0 unspecified atom stereocenters. The lowest BCUT2D eigenvalue weighted by Gasteiger charge is -2.22. The largest absolute Gasteiger partial charge is 0.383 e. The van der Waals surface area contributed by atoms with Gasteiger partial charge < -0.3 is 9.64 Å². The fourth-order valence-corrected chi connectivity index (χ4v) is 3.23. The second-order valence-corrected chi connectivity index (χ2v) is 6.54. The molecular formula is C19H25N5O2. The Morgan fingerprint density at radius 1 is 1.31 bits per heavy atom. The minimum Gasteiger partial charge on any atom is -0.383 e. The molecule has 0 N–H and O–H groups in total. The third kappa shape index (κ3) is 3.22. The molecule has 0 saturated heterocycles. The monoisotopic (exact) mass is 355 g/mol. The van der Waals surface area contributed by atoms with E-state index in [1.807, 2.05) is 55.7 Å². The summed E-state index contributed by atoms with van der Waals surface area (Å²) in [5.41, 5.74) is 5.56. The van der Waals surface area contributed by atoms with Crippen molar-refractivity contribution in [2.24, 2.45) is 7.05 Å². The Balaban J connectivity index is 1.97. The summed E-state index contributed by atoms with van der Waals surface area (Å²) in [5, 5.41) is 8.79. The Labute approximate surface area is 153 Å². The average Bonchev–Trinajstić information content (AvgIpc) is 3.15. The predicted octanol–water partition coefficient (Wildman–Crippen LogP) is 2.28. The van der Waals surface area contributed by atoms with Crippen LogP contribution in [0.4, 0.5) is 0 Å². The van der Waals surface area contributed by atoms with Crippen molar-refractivity contribution in [3.05, 3.63) is 52.6 Å². The first-order valence-corrected chi connectivity index (χ1v) is 8.64. The molecule has 138 valence electrons. The van der Waals surface area contributed by atoms with E-state index in [0.29, 0.717) is 25.3 Å². The minimum atomic E-state index is -0.0472. The average molecular weight is 355 g/mol. The van der Waals surface area contributed by atoms with Gasteiger partial charge in [0.05, 0.1) is 29.6 Å². The highest BCUT2D eigenvalue weighted by atomic mass is 16.5. The summed E-state index contributed by atoms with van der Waals surface area (Å²) in [5.74, 6) is -0.0472. The quantitative estimate of drug-likeness (QED) is 0.680. The van der Waals surface area contributed by atoms with Crippen LogP contribution in [0.5, 0.6) is 0 Å². The first-order chi connectivity index (χ1) is 12.4. The molecule has 3 heterocycles. The molecule has 0 spiro atoms. The lowest BCUT2D eigenvalue weighted by Crippen LogP contribution is -2.33. The maximum Gasteiger partial charge on any atom is 0.258 e. The normalized spacial score (nSPS) is 11.3. The van der Waals surface area contributed by atoms with E-state index in [1.165, 1.54) is 0 Å². The molecule has 0 bridgehead atoms. The van der Waals surface area contributed by atoms with Gasteiger partial charge in [0.1, 0.15) is 0 Å². The lowest BCUT2D eigenvalue weighted by molar-refractivity contribution is 0.0681. The number of fused-ring (bicyclic) bond motifs is 1. The summed E-state index contributed by atoms with van der Waals surface area (Å²) < 4.78 is 8.82. The number of amides is 1. The summed E-state index contributed by atoms with van der Waals surface area (Å²) in [6, 6.07) is 3.91. The fraction of sp³-hybridized carbons (Fsp3) is 0.421. The SMILES string of the molecule is COCCN(Cc1c(C)nn(C)c1C)C(=O)c1cnn2cccc(C)c12. The molecule has 0 fully saturated rings. The fourth-order valence-electron chi connectivity index (χ4n) is 3.23. The van der Waals surface area contributed by atoms with Crippen molar-refractivity contribution in [2.45, 2.75) is 27.3 Å². The van der Waals surface area contributed by atoms with Crippen molar-refractivity contribution < 1.29 is 9.53 Å². The van der Waals surface area contributed by atoms with Crippen molar-refractivity contribution >= 4 is 11.4 Å². The molecule has 3 aromatic heterocycles. The van der Waals surface area contributed by atoms with Crippen LogP contribution in [0.3, 0.4) is 0 Å². The molecule has 0 radical (unpaired) electrons. The molecule has 0 aromatic carbocycles. The molecule has 1 amide bonds. The van der Waals surface area contributed by atoms with E-state index in [9.17, 15) is 4.79 Å². The first-order valence-electron chi connectivity index (χ1n) is 8.64. The third-order valence-corrected chi connectivity index (χ3v) is 4.83. The second kappa shape index (κ2) is 7.29. The van der Waals surface area contributed by atoms with E-state index in [2.05, 4.69) is 10.2 Å². The summed E-state index contributed by atoms with van der Waals surface area (Å²) in [4.78, 5) is 15.1. The highest BCUT2D eigenvalue weighted by Crippen LogP contribution is 2.20. The number of carbonyl (C=O) groups is 1. The standard InChI is InChI=1S/C19H25N5O2/c1-13-7-6-8-24-18(13)16(11-20-24)19(25)23(9-10-26-5)12-17-14(2)21-22(4)15(17)3/h6-8,11H,9-10,12H2,1-5H3. The van der Waals surface area contributed by atoms with Crippen LogP contribution in [0.1, 0.15) is 32.9 Å². The van der Waals surface area contributed by atoms with Gasteiger partial charge in [-0.3, -0.25) is 9.48 Å². The number of ether oxygens (including phenoxy) is 1. The van der Waals surface area contributed by atoms with Crippen LogP contribution < -0.4 is 0 Å². The highest BCUT2D eigenvalue weighted by Gasteiger charge is 2.23. The number of hydrogen-bond donors (Lipinski definition) is 0. The molecule has 0 aliphatic carbocycles. The van der Waals surface area contributed by atoms with Crippen molar-refractivity contribution in [1.82, 2.24) is 24.3 Å². The molecule has 0 aliphatic heterocycles. The molecule has 3 rings (SSSR count). The number of pyridine rings is 1. The Morgan fingerprint density at radius 2 is 2.08 bits per heavy atom. The number of nitrogens with zero attached hydrogens (tertiary/aromatic N) is 5. The van der Waals surface area contributed by atoms with Gasteiger partial charge >= 0.3 is 0 Å². The van der Waals surface area contributed by atoms with Crippen LogP contribution >= 0.6 is 0 Å². The van der Waals surface area contributed by atoms with Gasteiger partial charge in [-0.25, -0.2) is 4.52 Å². The molecule has 3 aromatic rings. The number of rotatable bonds is 6. The van der Waals surface area contributed by atoms with E-state index >= 15 is 0 Å². The van der Waals surface area contributed by atoms with Crippen LogP contribution in [0.2, 0.25) is 0 Å². The van der Waals surface area contributed by atoms with Crippen molar-refractivity contribution in [2.75, 3.05) is 20.3 Å². The predicted molar refractivity (Wildman–Crippen MR) is 99.2 cm³/mol. The zero-order valence-corrected chi connectivity index (χ0v) is 16.0. The number of hydrogen-bond acceptors (Lipinski definition) is 4. The summed E-state index contributed by atoms with van der Waals surface area (Å²) in [7, 11) is 3.56. The minimum absolute atomic E-state index is 0.0472. The Morgan fingerprint density at radius 3 is 2.73 bits per heavy atom. The molecule has 26 heavy (non-hydrogen) atoms. The van der Waals surface area contributed by atoms with Crippen molar-refractivity contribution in [1.29, 1.82) is 0 Å². The molecule has 0 saturated carbocycles. The zero-order chi connectivity index (χ0) is 18.8. The van der Waals surface area contributed by atoms with Gasteiger partial charge in [-0.1, -0.05) is 6.07 Å². The topological polar surface area (TPSA) is 64.7 Å². The van der Waals surface area contributed by atoms with Crippen molar-refractivity contribution in [3.8, 4) is 0 Å². The van der Waals surface area contributed by atoms with E-state index in [0.717, 1.165) is 28.0 Å². The lowest BCUT2D eigenvalue weighted by atomic mass is 10.1. The molecule has 7 nitrogen and oxygen atoms in total. The van der Waals surface area contributed by atoms with Gasteiger partial charge in [-0.15, -0.1) is 0 Å². The second-order valence-electron chi connectivity index (χ2n) is 6.54. The van der Waals surface area contributed by atoms with Gasteiger partial charge in [0.2, 0.25) is 0 Å². The summed E-state index contributed by atoms with van der Waals surface area (Å²) in [6.07, 6.45) is 3.50. The van der Waals surface area contributed by atoms with E-state index in [1.54, 1.807) is 17.8 Å². The first kappa shape index (κ1) is 18.1. The third-order valence-electron chi connectivity index (χ3n) is 4.83. The van der Waals surface area contributed by atoms with E-state index < -0.39 is 0 Å². The maximum atomic E-state index is 13.3. The highest BCUT2D eigenvalue weighted by molar-refractivity contribution is 6.01. The van der Waals surface area contributed by atoms with E-state index in [4.69, 9.17) is 4.74 Å². The van der Waals surface area contributed by atoms with Gasteiger partial charge in [0.15, 0.2) is 0 Å². The zero-order valence-electron chi connectivity index (χ0n) is 16.0. The van der Waals surface area contributed by atoms with Crippen LogP contribution in [0, 0.1) is 20.8 Å². The Kier molecular flexibility index (Phi) is 5.08. The Hall–Kier alpha value is -2.67. The maximum absolute atomic E-state index is 13.3. The van der Waals surface area contributed by atoms with Crippen LogP contribution in [0.25, 0.3) is 5.52 Å². The van der Waals surface area contributed by atoms with Crippen LogP contribution in [-0.2, 0) is 18.3 Å². The number of carbonyl (C=O) groups excluding carboxylic acids is 1.